The van der Waals surface area contributed by atoms with Crippen molar-refractivity contribution in [2.75, 3.05) is 31.7 Å². The summed E-state index contributed by atoms with van der Waals surface area (Å²) in [6, 6.07) is 0.296. The van der Waals surface area contributed by atoms with Gasteiger partial charge in [0.05, 0.1) is 0 Å². The van der Waals surface area contributed by atoms with Crippen molar-refractivity contribution in [3.63, 3.8) is 0 Å². The van der Waals surface area contributed by atoms with Crippen molar-refractivity contribution < 1.29 is 0 Å². The van der Waals surface area contributed by atoms with Crippen LogP contribution < -0.4 is 11.1 Å². The monoisotopic (exact) mass is 184 g/mol. The van der Waals surface area contributed by atoms with Crippen LogP contribution in [0.4, 0.5) is 11.9 Å². The SMILES string of the molecule is CC(CN(C)C)Nc1n[nH]c(N)n1. The van der Waals surface area contributed by atoms with E-state index in [0.29, 0.717) is 17.9 Å². The minimum Gasteiger partial charge on any atom is -0.368 e. The second-order valence-electron chi connectivity index (χ2n) is 3.35. The summed E-state index contributed by atoms with van der Waals surface area (Å²) in [6.07, 6.45) is 0. The number of likely N-dealkylation sites (N-methyl/N-ethyl adjacent to an activating group) is 1. The molecule has 0 spiro atoms. The van der Waals surface area contributed by atoms with Gasteiger partial charge in [-0.05, 0) is 21.0 Å². The van der Waals surface area contributed by atoms with E-state index in [1.165, 1.54) is 0 Å². The number of aromatic nitrogens is 3. The first-order chi connectivity index (χ1) is 6.08. The molecule has 1 heterocycles. The van der Waals surface area contributed by atoms with Gasteiger partial charge in [0.15, 0.2) is 0 Å². The Morgan fingerprint density at radius 1 is 1.62 bits per heavy atom. The van der Waals surface area contributed by atoms with E-state index >= 15 is 0 Å². The third kappa shape index (κ3) is 3.29. The molecule has 1 aromatic rings. The van der Waals surface area contributed by atoms with Crippen LogP contribution in [0.15, 0.2) is 0 Å². The van der Waals surface area contributed by atoms with Crippen LogP contribution in [0.5, 0.6) is 0 Å². The molecule has 0 fully saturated rings. The highest BCUT2D eigenvalue weighted by atomic mass is 15.3. The Morgan fingerprint density at radius 2 is 2.31 bits per heavy atom. The number of aromatic amines is 1. The molecule has 0 aromatic carbocycles. The maximum atomic E-state index is 5.38. The third-order valence-corrected chi connectivity index (χ3v) is 1.52. The zero-order valence-electron chi connectivity index (χ0n) is 8.20. The molecule has 0 amide bonds. The van der Waals surface area contributed by atoms with Crippen LogP contribution >= 0.6 is 0 Å². The fourth-order valence-electron chi connectivity index (χ4n) is 1.15. The molecule has 13 heavy (non-hydrogen) atoms. The first-order valence-corrected chi connectivity index (χ1v) is 4.17. The molecule has 4 N–H and O–H groups in total. The van der Waals surface area contributed by atoms with Gasteiger partial charge >= 0.3 is 0 Å². The lowest BCUT2D eigenvalue weighted by molar-refractivity contribution is 0.391. The zero-order valence-corrected chi connectivity index (χ0v) is 8.20. The van der Waals surface area contributed by atoms with Crippen LogP contribution in [0.25, 0.3) is 0 Å². The number of nitrogens with zero attached hydrogens (tertiary/aromatic N) is 3. The molecule has 1 rings (SSSR count). The molecule has 0 aliphatic carbocycles. The number of hydrogen-bond acceptors (Lipinski definition) is 5. The van der Waals surface area contributed by atoms with E-state index in [1.54, 1.807) is 0 Å². The van der Waals surface area contributed by atoms with Gasteiger partial charge in [0.2, 0.25) is 11.9 Å². The summed E-state index contributed by atoms with van der Waals surface area (Å²) in [4.78, 5) is 6.03. The number of rotatable bonds is 4. The van der Waals surface area contributed by atoms with Crippen LogP contribution in [0, 0.1) is 0 Å². The molecular weight excluding hydrogens is 168 g/mol. The maximum Gasteiger partial charge on any atom is 0.243 e. The molecular formula is C7H16N6. The lowest BCUT2D eigenvalue weighted by atomic mass is 10.3. The standard InChI is InChI=1S/C7H16N6/c1-5(4-13(2)3)9-7-10-6(8)11-12-7/h5H,4H2,1-3H3,(H4,8,9,10,11,12). The molecule has 1 aromatic heterocycles. The lowest BCUT2D eigenvalue weighted by Crippen LogP contribution is -2.30. The van der Waals surface area contributed by atoms with Crippen molar-refractivity contribution in [1.82, 2.24) is 20.1 Å². The molecule has 0 radical (unpaired) electrons. The predicted molar refractivity (Wildman–Crippen MR) is 52.4 cm³/mol. The Bertz CT molecular complexity index is 255. The average Bonchev–Trinajstić information content (AvgIpc) is 2.33. The highest BCUT2D eigenvalue weighted by molar-refractivity contribution is 5.30. The predicted octanol–water partition coefficient (Wildman–Crippen LogP) is -0.251. The van der Waals surface area contributed by atoms with Gasteiger partial charge in [0.25, 0.3) is 0 Å². The van der Waals surface area contributed by atoms with Crippen LogP contribution in [0.1, 0.15) is 6.92 Å². The molecule has 0 saturated heterocycles. The van der Waals surface area contributed by atoms with E-state index in [4.69, 9.17) is 5.73 Å². The van der Waals surface area contributed by atoms with E-state index in [9.17, 15) is 0 Å². The average molecular weight is 184 g/mol. The zero-order chi connectivity index (χ0) is 9.84. The Morgan fingerprint density at radius 3 is 2.77 bits per heavy atom. The van der Waals surface area contributed by atoms with E-state index in [0.717, 1.165) is 6.54 Å². The summed E-state index contributed by atoms with van der Waals surface area (Å²) < 4.78 is 0. The van der Waals surface area contributed by atoms with E-state index in [1.807, 2.05) is 14.1 Å². The van der Waals surface area contributed by atoms with Gasteiger partial charge in [0.1, 0.15) is 0 Å². The first kappa shape index (κ1) is 9.79. The summed E-state index contributed by atoms with van der Waals surface area (Å²) >= 11 is 0. The summed E-state index contributed by atoms with van der Waals surface area (Å²) in [5.74, 6) is 0.881. The fourth-order valence-corrected chi connectivity index (χ4v) is 1.15. The number of hydrogen-bond donors (Lipinski definition) is 3. The third-order valence-electron chi connectivity index (χ3n) is 1.52. The molecule has 74 valence electrons. The quantitative estimate of drug-likeness (QED) is 0.601. The van der Waals surface area contributed by atoms with Gasteiger partial charge in [-0.25, -0.2) is 5.10 Å². The van der Waals surface area contributed by atoms with E-state index < -0.39 is 0 Å². The number of nitrogens with one attached hydrogen (secondary N) is 2. The lowest BCUT2D eigenvalue weighted by Gasteiger charge is -2.16. The minimum absolute atomic E-state index is 0.296. The smallest absolute Gasteiger partial charge is 0.243 e. The summed E-state index contributed by atoms with van der Waals surface area (Å²) in [5.41, 5.74) is 5.38. The van der Waals surface area contributed by atoms with Gasteiger partial charge < -0.3 is 16.0 Å². The van der Waals surface area contributed by atoms with Crippen molar-refractivity contribution in [1.29, 1.82) is 0 Å². The van der Waals surface area contributed by atoms with Gasteiger partial charge in [0, 0.05) is 12.6 Å². The summed E-state index contributed by atoms with van der Waals surface area (Å²) in [7, 11) is 4.04. The Balaban J connectivity index is 2.40. The molecule has 6 heteroatoms. The fraction of sp³-hybridized carbons (Fsp3) is 0.714. The molecule has 0 aliphatic rings. The number of H-pyrrole nitrogens is 1. The van der Waals surface area contributed by atoms with E-state index in [-0.39, 0.29) is 0 Å². The summed E-state index contributed by atoms with van der Waals surface area (Å²) in [5, 5.41) is 9.56. The van der Waals surface area contributed by atoms with Gasteiger partial charge in [-0.2, -0.15) is 4.98 Å². The van der Waals surface area contributed by atoms with Crippen LogP contribution in [0.2, 0.25) is 0 Å². The highest BCUT2D eigenvalue weighted by Gasteiger charge is 2.05. The molecule has 1 unspecified atom stereocenters. The Labute approximate surface area is 77.5 Å². The molecule has 0 aliphatic heterocycles. The van der Waals surface area contributed by atoms with Gasteiger partial charge in [-0.3, -0.25) is 0 Å². The molecule has 6 nitrogen and oxygen atoms in total. The van der Waals surface area contributed by atoms with E-state index in [2.05, 4.69) is 32.3 Å². The Kier molecular flexibility index (Phi) is 3.07. The maximum absolute atomic E-state index is 5.38. The minimum atomic E-state index is 0.296. The second kappa shape index (κ2) is 4.08. The topological polar surface area (TPSA) is 82.9 Å². The van der Waals surface area contributed by atoms with Crippen molar-refractivity contribution in [3.8, 4) is 0 Å². The van der Waals surface area contributed by atoms with Crippen LogP contribution in [0.3, 0.4) is 0 Å². The number of anilines is 2. The largest absolute Gasteiger partial charge is 0.368 e. The molecule has 0 saturated carbocycles. The van der Waals surface area contributed by atoms with Crippen molar-refractivity contribution in [2.24, 2.45) is 0 Å². The first-order valence-electron chi connectivity index (χ1n) is 4.17. The molecule has 1 atom stereocenters. The second-order valence-corrected chi connectivity index (χ2v) is 3.35. The Hall–Kier alpha value is -1.30. The number of nitrogens with two attached hydrogens (primary N) is 1. The molecule has 0 bridgehead atoms. The highest BCUT2D eigenvalue weighted by Crippen LogP contribution is 2.01. The summed E-state index contributed by atoms with van der Waals surface area (Å²) in [6.45, 7) is 2.99. The van der Waals surface area contributed by atoms with Gasteiger partial charge in [-0.1, -0.05) is 0 Å². The van der Waals surface area contributed by atoms with Crippen molar-refractivity contribution in [3.05, 3.63) is 0 Å². The van der Waals surface area contributed by atoms with Crippen LogP contribution in [-0.4, -0.2) is 46.8 Å². The normalized spacial score (nSPS) is 13.2. The van der Waals surface area contributed by atoms with Crippen LogP contribution in [-0.2, 0) is 0 Å². The number of nitrogen functional groups attached to an aromatic ring is 1. The van der Waals surface area contributed by atoms with Gasteiger partial charge in [-0.15, -0.1) is 5.10 Å². The van der Waals surface area contributed by atoms with Crippen molar-refractivity contribution >= 4 is 11.9 Å². The van der Waals surface area contributed by atoms with Crippen molar-refractivity contribution in [2.45, 2.75) is 13.0 Å².